The molecule has 156 valence electrons. The number of carbonyl (C=O) groups is 2. The van der Waals surface area contributed by atoms with E-state index in [1.165, 1.54) is 45.3 Å². The van der Waals surface area contributed by atoms with Gasteiger partial charge in [0.2, 0.25) is 0 Å². The lowest BCUT2D eigenvalue weighted by molar-refractivity contribution is -0.0258. The van der Waals surface area contributed by atoms with E-state index in [-0.39, 0.29) is 22.8 Å². The SMILES string of the molecule is CCOc1ccc(C(C)=O)cc1COC(=O)c1ccc(S(=O)(=O)N(C)OC)cc1. The van der Waals surface area contributed by atoms with Crippen LogP contribution >= 0.6 is 0 Å². The number of hydroxylamine groups is 1. The number of benzene rings is 2. The molecule has 29 heavy (non-hydrogen) atoms. The molecule has 2 rings (SSSR count). The van der Waals surface area contributed by atoms with Crippen molar-refractivity contribution in [3.05, 3.63) is 59.2 Å². The van der Waals surface area contributed by atoms with Gasteiger partial charge in [0.15, 0.2) is 5.78 Å². The summed E-state index contributed by atoms with van der Waals surface area (Å²) >= 11 is 0. The largest absolute Gasteiger partial charge is 0.493 e. The molecule has 0 radical (unpaired) electrons. The fraction of sp³-hybridized carbons (Fsp3) is 0.300. The predicted molar refractivity (Wildman–Crippen MR) is 105 cm³/mol. The van der Waals surface area contributed by atoms with Crippen LogP contribution in [-0.2, 0) is 26.2 Å². The fourth-order valence-electron chi connectivity index (χ4n) is 2.44. The van der Waals surface area contributed by atoms with Gasteiger partial charge >= 0.3 is 5.97 Å². The molecule has 0 bridgehead atoms. The van der Waals surface area contributed by atoms with Gasteiger partial charge in [0.1, 0.15) is 12.4 Å². The Bertz CT molecular complexity index is 984. The second-order valence-corrected chi connectivity index (χ2v) is 7.95. The molecule has 9 heteroatoms. The van der Waals surface area contributed by atoms with Crippen molar-refractivity contribution in [3.8, 4) is 5.75 Å². The number of Topliss-reactive ketones (excluding diaryl/α,β-unsaturated/α-hetero) is 1. The van der Waals surface area contributed by atoms with Crippen LogP contribution in [0.3, 0.4) is 0 Å². The second kappa shape index (κ2) is 9.64. The normalized spacial score (nSPS) is 11.3. The van der Waals surface area contributed by atoms with Gasteiger partial charge in [-0.1, -0.05) is 4.47 Å². The highest BCUT2D eigenvalue weighted by Crippen LogP contribution is 2.22. The molecule has 2 aromatic rings. The van der Waals surface area contributed by atoms with E-state index < -0.39 is 16.0 Å². The van der Waals surface area contributed by atoms with Crippen molar-refractivity contribution in [1.82, 2.24) is 4.47 Å². The number of ether oxygens (including phenoxy) is 2. The molecule has 0 aliphatic heterocycles. The lowest BCUT2D eigenvalue weighted by atomic mass is 10.1. The molecule has 0 amide bonds. The quantitative estimate of drug-likeness (QED) is 0.349. The van der Waals surface area contributed by atoms with Crippen molar-refractivity contribution in [3.63, 3.8) is 0 Å². The third-order valence-corrected chi connectivity index (χ3v) is 5.80. The van der Waals surface area contributed by atoms with Crippen LogP contribution in [0.1, 0.15) is 40.1 Å². The lowest BCUT2D eigenvalue weighted by Crippen LogP contribution is -2.25. The van der Waals surface area contributed by atoms with Crippen molar-refractivity contribution in [2.24, 2.45) is 0 Å². The molecule has 0 unspecified atom stereocenters. The molecule has 8 nitrogen and oxygen atoms in total. The molecule has 0 aromatic heterocycles. The van der Waals surface area contributed by atoms with E-state index in [0.29, 0.717) is 23.5 Å². The Balaban J connectivity index is 2.15. The minimum atomic E-state index is -3.80. The molecule has 0 heterocycles. The van der Waals surface area contributed by atoms with Crippen LogP contribution in [0, 0.1) is 0 Å². The first-order valence-electron chi connectivity index (χ1n) is 8.77. The van der Waals surface area contributed by atoms with Gasteiger partial charge < -0.3 is 9.47 Å². The van der Waals surface area contributed by atoms with Gasteiger partial charge in [-0.2, -0.15) is 0 Å². The summed E-state index contributed by atoms with van der Waals surface area (Å²) in [6, 6.07) is 10.2. The Hall–Kier alpha value is -2.75. The number of esters is 1. The van der Waals surface area contributed by atoms with Crippen molar-refractivity contribution >= 4 is 21.8 Å². The van der Waals surface area contributed by atoms with E-state index in [1.54, 1.807) is 18.2 Å². The van der Waals surface area contributed by atoms with Crippen LogP contribution in [0.4, 0.5) is 0 Å². The fourth-order valence-corrected chi connectivity index (χ4v) is 3.42. The van der Waals surface area contributed by atoms with E-state index >= 15 is 0 Å². The van der Waals surface area contributed by atoms with Crippen LogP contribution in [0.2, 0.25) is 0 Å². The Morgan fingerprint density at radius 3 is 2.21 bits per heavy atom. The van der Waals surface area contributed by atoms with Crippen LogP contribution in [0.25, 0.3) is 0 Å². The van der Waals surface area contributed by atoms with Gasteiger partial charge in [-0.05, 0) is 56.3 Å². The first-order valence-corrected chi connectivity index (χ1v) is 10.2. The number of hydrogen-bond acceptors (Lipinski definition) is 7. The molecule has 0 saturated carbocycles. The van der Waals surface area contributed by atoms with Gasteiger partial charge in [0.05, 0.1) is 24.2 Å². The summed E-state index contributed by atoms with van der Waals surface area (Å²) in [4.78, 5) is 28.6. The highest BCUT2D eigenvalue weighted by Gasteiger charge is 2.21. The molecular formula is C20H23NO7S. The van der Waals surface area contributed by atoms with Gasteiger partial charge in [-0.25, -0.2) is 13.2 Å². The number of ketones is 1. The van der Waals surface area contributed by atoms with E-state index in [2.05, 4.69) is 0 Å². The van der Waals surface area contributed by atoms with Gasteiger partial charge in [-0.3, -0.25) is 9.63 Å². The molecule has 0 aliphatic rings. The van der Waals surface area contributed by atoms with Crippen molar-refractivity contribution in [2.75, 3.05) is 20.8 Å². The second-order valence-electron chi connectivity index (χ2n) is 6.01. The minimum absolute atomic E-state index is 0.0220. The van der Waals surface area contributed by atoms with E-state index in [9.17, 15) is 18.0 Å². The highest BCUT2D eigenvalue weighted by atomic mass is 32.2. The lowest BCUT2D eigenvalue weighted by Gasteiger charge is -2.14. The molecule has 0 N–H and O–H groups in total. The number of nitrogens with zero attached hydrogens (tertiary/aromatic N) is 1. The first kappa shape index (κ1) is 22.5. The summed E-state index contributed by atoms with van der Waals surface area (Å²) in [5.41, 5.74) is 1.23. The zero-order chi connectivity index (χ0) is 21.6. The van der Waals surface area contributed by atoms with E-state index in [4.69, 9.17) is 14.3 Å². The molecule has 0 atom stereocenters. The number of sulfonamides is 1. The van der Waals surface area contributed by atoms with Crippen LogP contribution < -0.4 is 4.74 Å². The Morgan fingerprint density at radius 1 is 1.03 bits per heavy atom. The van der Waals surface area contributed by atoms with Crippen molar-refractivity contribution < 1.29 is 32.3 Å². The molecule has 0 spiro atoms. The molecule has 0 saturated heterocycles. The maximum Gasteiger partial charge on any atom is 0.338 e. The smallest absolute Gasteiger partial charge is 0.338 e. The maximum atomic E-state index is 12.3. The molecule has 0 aliphatic carbocycles. The van der Waals surface area contributed by atoms with E-state index in [1.807, 2.05) is 6.92 Å². The summed E-state index contributed by atoms with van der Waals surface area (Å²) in [6.45, 7) is 3.60. The third kappa shape index (κ3) is 5.41. The van der Waals surface area contributed by atoms with Crippen LogP contribution in [-0.4, -0.2) is 45.4 Å². The monoisotopic (exact) mass is 421 g/mol. The summed E-state index contributed by atoms with van der Waals surface area (Å²) in [5.74, 6) is -0.225. The molecule has 2 aromatic carbocycles. The minimum Gasteiger partial charge on any atom is -0.493 e. The van der Waals surface area contributed by atoms with Crippen LogP contribution in [0.5, 0.6) is 5.75 Å². The summed E-state index contributed by atoms with van der Waals surface area (Å²) in [5, 5.41) is 0. The Morgan fingerprint density at radius 2 is 1.66 bits per heavy atom. The van der Waals surface area contributed by atoms with E-state index in [0.717, 1.165) is 4.47 Å². The zero-order valence-corrected chi connectivity index (χ0v) is 17.5. The summed E-state index contributed by atoms with van der Waals surface area (Å²) < 4.78 is 35.9. The number of hydrogen-bond donors (Lipinski definition) is 0. The first-order chi connectivity index (χ1) is 13.7. The average molecular weight is 421 g/mol. The Kier molecular flexibility index (Phi) is 7.49. The maximum absolute atomic E-state index is 12.3. The third-order valence-electron chi connectivity index (χ3n) is 4.11. The van der Waals surface area contributed by atoms with Gasteiger partial charge in [0, 0.05) is 18.2 Å². The zero-order valence-electron chi connectivity index (χ0n) is 16.7. The topological polar surface area (TPSA) is 99.2 Å². The standard InChI is InChI=1S/C20H23NO7S/c1-5-27-19-11-8-16(14(2)22)12-17(19)13-28-20(23)15-6-9-18(10-7-15)29(24,25)21(3)26-4/h6-12H,5,13H2,1-4H3. The molecule has 0 fully saturated rings. The Labute approximate surface area is 170 Å². The summed E-state index contributed by atoms with van der Waals surface area (Å²) in [7, 11) is -1.30. The van der Waals surface area contributed by atoms with Gasteiger partial charge in [-0.15, -0.1) is 0 Å². The average Bonchev–Trinajstić information content (AvgIpc) is 2.72. The number of carbonyl (C=O) groups excluding carboxylic acids is 2. The van der Waals surface area contributed by atoms with Crippen molar-refractivity contribution in [1.29, 1.82) is 0 Å². The number of rotatable bonds is 9. The molecular weight excluding hydrogens is 398 g/mol. The van der Waals surface area contributed by atoms with Gasteiger partial charge in [0.25, 0.3) is 10.0 Å². The highest BCUT2D eigenvalue weighted by molar-refractivity contribution is 7.89. The predicted octanol–water partition coefficient (Wildman–Crippen LogP) is 2.83. The summed E-state index contributed by atoms with van der Waals surface area (Å²) in [6.07, 6.45) is 0. The van der Waals surface area contributed by atoms with Crippen molar-refractivity contribution in [2.45, 2.75) is 25.3 Å². The van der Waals surface area contributed by atoms with Crippen LogP contribution in [0.15, 0.2) is 47.4 Å².